The molecule has 0 aromatic carbocycles. The molecular weight excluding hydrogens is 150 g/mol. The first-order valence-corrected chi connectivity index (χ1v) is 4.14. The Morgan fingerprint density at radius 3 is 2.83 bits per heavy atom. The predicted molar refractivity (Wildman–Crippen MR) is 49.2 cm³/mol. The summed E-state index contributed by atoms with van der Waals surface area (Å²) in [5, 5.41) is 1.74. The maximum absolute atomic E-state index is 5.65. The Hall–Kier alpha value is -0.930. The zero-order valence-corrected chi connectivity index (χ0v) is 7.62. The molecule has 66 valence electrons. The standard InChI is InChI=1S/C9H15N3/c1-3-12(10)7-9-6-4-5-8(2)11-9/h4-6H,3,7,10H2,1-2H3. The van der Waals surface area contributed by atoms with Crippen LogP contribution in [0.3, 0.4) is 0 Å². The van der Waals surface area contributed by atoms with Crippen molar-refractivity contribution >= 4 is 0 Å². The number of nitrogens with zero attached hydrogens (tertiary/aromatic N) is 2. The molecule has 0 unspecified atom stereocenters. The van der Waals surface area contributed by atoms with Crippen LogP contribution in [0.1, 0.15) is 18.3 Å². The summed E-state index contributed by atoms with van der Waals surface area (Å²) in [6.45, 7) is 5.57. The number of nitrogens with two attached hydrogens (primary N) is 1. The Balaban J connectivity index is 2.63. The fourth-order valence-corrected chi connectivity index (χ4v) is 1.01. The normalized spacial score (nSPS) is 10.7. The third-order valence-corrected chi connectivity index (χ3v) is 1.72. The van der Waals surface area contributed by atoms with Crippen molar-refractivity contribution in [3.63, 3.8) is 0 Å². The summed E-state index contributed by atoms with van der Waals surface area (Å²) < 4.78 is 0. The molecule has 0 saturated carbocycles. The van der Waals surface area contributed by atoms with E-state index in [9.17, 15) is 0 Å². The maximum Gasteiger partial charge on any atom is 0.0561 e. The topological polar surface area (TPSA) is 42.1 Å². The van der Waals surface area contributed by atoms with Crippen molar-refractivity contribution in [2.24, 2.45) is 5.84 Å². The van der Waals surface area contributed by atoms with E-state index in [0.717, 1.165) is 24.5 Å². The molecular formula is C9H15N3. The van der Waals surface area contributed by atoms with Crippen molar-refractivity contribution in [1.82, 2.24) is 9.99 Å². The minimum Gasteiger partial charge on any atom is -0.268 e. The molecule has 0 atom stereocenters. The molecule has 0 amide bonds. The zero-order valence-electron chi connectivity index (χ0n) is 7.62. The van der Waals surface area contributed by atoms with Crippen LogP contribution in [-0.2, 0) is 6.54 Å². The van der Waals surface area contributed by atoms with Crippen LogP contribution in [0.5, 0.6) is 0 Å². The van der Waals surface area contributed by atoms with E-state index in [-0.39, 0.29) is 0 Å². The maximum atomic E-state index is 5.65. The molecule has 0 aliphatic rings. The van der Waals surface area contributed by atoms with E-state index < -0.39 is 0 Å². The molecule has 1 rings (SSSR count). The number of hydrogen-bond acceptors (Lipinski definition) is 3. The summed E-state index contributed by atoms with van der Waals surface area (Å²) in [5.74, 6) is 5.65. The van der Waals surface area contributed by atoms with Crippen LogP contribution in [-0.4, -0.2) is 16.5 Å². The third-order valence-electron chi connectivity index (χ3n) is 1.72. The van der Waals surface area contributed by atoms with Crippen molar-refractivity contribution in [3.8, 4) is 0 Å². The van der Waals surface area contributed by atoms with E-state index in [2.05, 4.69) is 4.98 Å². The second-order valence-corrected chi connectivity index (χ2v) is 2.83. The Bertz CT molecular complexity index is 247. The molecule has 3 nitrogen and oxygen atoms in total. The SMILES string of the molecule is CCN(N)Cc1cccc(C)n1. The number of aromatic nitrogens is 1. The Labute approximate surface area is 73.2 Å². The Morgan fingerprint density at radius 1 is 1.50 bits per heavy atom. The van der Waals surface area contributed by atoms with Crippen molar-refractivity contribution in [3.05, 3.63) is 29.6 Å². The lowest BCUT2D eigenvalue weighted by Crippen LogP contribution is -2.30. The molecule has 0 aliphatic heterocycles. The van der Waals surface area contributed by atoms with Gasteiger partial charge in [0, 0.05) is 12.2 Å². The van der Waals surface area contributed by atoms with Crippen LogP contribution < -0.4 is 5.84 Å². The van der Waals surface area contributed by atoms with E-state index in [1.165, 1.54) is 0 Å². The number of pyridine rings is 1. The van der Waals surface area contributed by atoms with Gasteiger partial charge in [0.1, 0.15) is 0 Å². The second-order valence-electron chi connectivity index (χ2n) is 2.83. The summed E-state index contributed by atoms with van der Waals surface area (Å²) in [7, 11) is 0. The minimum atomic E-state index is 0.720. The lowest BCUT2D eigenvalue weighted by molar-refractivity contribution is 0.287. The number of aryl methyl sites for hydroxylation is 1. The van der Waals surface area contributed by atoms with Gasteiger partial charge in [0.2, 0.25) is 0 Å². The first kappa shape index (κ1) is 9.16. The fourth-order valence-electron chi connectivity index (χ4n) is 1.01. The van der Waals surface area contributed by atoms with E-state index in [0.29, 0.717) is 0 Å². The first-order valence-electron chi connectivity index (χ1n) is 4.14. The summed E-state index contributed by atoms with van der Waals surface area (Å²) in [5.41, 5.74) is 2.07. The minimum absolute atomic E-state index is 0.720. The van der Waals surface area contributed by atoms with Crippen LogP contribution in [0.4, 0.5) is 0 Å². The van der Waals surface area contributed by atoms with Gasteiger partial charge in [-0.1, -0.05) is 13.0 Å². The molecule has 0 spiro atoms. The number of hydrazine groups is 1. The van der Waals surface area contributed by atoms with Gasteiger partial charge in [0.15, 0.2) is 0 Å². The van der Waals surface area contributed by atoms with Gasteiger partial charge in [-0.15, -0.1) is 0 Å². The molecule has 3 heteroatoms. The second kappa shape index (κ2) is 4.18. The smallest absolute Gasteiger partial charge is 0.0561 e. The molecule has 0 fully saturated rings. The molecule has 0 bridgehead atoms. The predicted octanol–water partition coefficient (Wildman–Crippen LogP) is 1.09. The molecule has 2 N–H and O–H groups in total. The highest BCUT2D eigenvalue weighted by molar-refractivity contribution is 5.09. The van der Waals surface area contributed by atoms with Crippen molar-refractivity contribution in [2.45, 2.75) is 20.4 Å². The summed E-state index contributed by atoms with van der Waals surface area (Å²) in [4.78, 5) is 4.34. The van der Waals surface area contributed by atoms with E-state index in [4.69, 9.17) is 5.84 Å². The average molecular weight is 165 g/mol. The van der Waals surface area contributed by atoms with Gasteiger partial charge in [-0.25, -0.2) is 5.01 Å². The average Bonchev–Trinajstić information content (AvgIpc) is 2.04. The molecule has 0 aliphatic carbocycles. The van der Waals surface area contributed by atoms with Crippen molar-refractivity contribution in [1.29, 1.82) is 0 Å². The van der Waals surface area contributed by atoms with Crippen LogP contribution in [0.25, 0.3) is 0 Å². The van der Waals surface area contributed by atoms with Gasteiger partial charge in [-0.05, 0) is 19.1 Å². The largest absolute Gasteiger partial charge is 0.268 e. The highest BCUT2D eigenvalue weighted by atomic mass is 15.4. The Kier molecular flexibility index (Phi) is 3.19. The van der Waals surface area contributed by atoms with Gasteiger partial charge in [0.05, 0.1) is 12.2 Å². The molecule has 1 aromatic rings. The van der Waals surface area contributed by atoms with E-state index in [1.807, 2.05) is 32.0 Å². The van der Waals surface area contributed by atoms with Crippen molar-refractivity contribution in [2.75, 3.05) is 6.54 Å². The zero-order chi connectivity index (χ0) is 8.97. The van der Waals surface area contributed by atoms with E-state index >= 15 is 0 Å². The van der Waals surface area contributed by atoms with Gasteiger partial charge in [0.25, 0.3) is 0 Å². The number of hydrogen-bond donors (Lipinski definition) is 1. The summed E-state index contributed by atoms with van der Waals surface area (Å²) in [6.07, 6.45) is 0. The fraction of sp³-hybridized carbons (Fsp3) is 0.444. The van der Waals surface area contributed by atoms with Gasteiger partial charge >= 0.3 is 0 Å². The first-order chi connectivity index (χ1) is 5.72. The summed E-state index contributed by atoms with van der Waals surface area (Å²) in [6, 6.07) is 5.97. The van der Waals surface area contributed by atoms with Crippen LogP contribution in [0.15, 0.2) is 18.2 Å². The summed E-state index contributed by atoms with van der Waals surface area (Å²) >= 11 is 0. The molecule has 1 heterocycles. The van der Waals surface area contributed by atoms with Gasteiger partial charge in [-0.2, -0.15) is 0 Å². The molecule has 12 heavy (non-hydrogen) atoms. The van der Waals surface area contributed by atoms with Crippen LogP contribution >= 0.6 is 0 Å². The van der Waals surface area contributed by atoms with Gasteiger partial charge < -0.3 is 0 Å². The highest BCUT2D eigenvalue weighted by Gasteiger charge is 1.98. The van der Waals surface area contributed by atoms with Crippen molar-refractivity contribution < 1.29 is 0 Å². The monoisotopic (exact) mass is 165 g/mol. The molecule has 0 saturated heterocycles. The lowest BCUT2D eigenvalue weighted by atomic mass is 10.3. The van der Waals surface area contributed by atoms with Crippen LogP contribution in [0.2, 0.25) is 0 Å². The van der Waals surface area contributed by atoms with Crippen LogP contribution in [0, 0.1) is 6.92 Å². The number of rotatable bonds is 3. The lowest BCUT2D eigenvalue weighted by Gasteiger charge is -2.12. The highest BCUT2D eigenvalue weighted by Crippen LogP contribution is 1.99. The van der Waals surface area contributed by atoms with E-state index in [1.54, 1.807) is 5.01 Å². The quantitative estimate of drug-likeness (QED) is 0.538. The Morgan fingerprint density at radius 2 is 2.25 bits per heavy atom. The third kappa shape index (κ3) is 2.60. The van der Waals surface area contributed by atoms with Gasteiger partial charge in [-0.3, -0.25) is 10.8 Å². The molecule has 1 aromatic heterocycles. The molecule has 0 radical (unpaired) electrons.